The van der Waals surface area contributed by atoms with Gasteiger partial charge in [-0.15, -0.1) is 0 Å². The number of nitrogens with zero attached hydrogens (tertiary/aromatic N) is 1. The van der Waals surface area contributed by atoms with Gasteiger partial charge in [-0.1, -0.05) is 30.3 Å². The Kier molecular flexibility index (Phi) is 4.09. The molecule has 15 heavy (non-hydrogen) atoms. The van der Waals surface area contributed by atoms with Crippen molar-refractivity contribution in [1.29, 1.82) is 0 Å². The van der Waals surface area contributed by atoms with E-state index in [1.54, 1.807) is 6.08 Å². The van der Waals surface area contributed by atoms with E-state index in [-0.39, 0.29) is 0 Å². The number of nitrogens with two attached hydrogens (primary N) is 1. The van der Waals surface area contributed by atoms with Gasteiger partial charge in [-0.25, -0.2) is 10.2 Å². The molecule has 4 nitrogen and oxygen atoms in total. The van der Waals surface area contributed by atoms with Crippen LogP contribution in [0.15, 0.2) is 41.5 Å². The van der Waals surface area contributed by atoms with Crippen LogP contribution in [-0.4, -0.2) is 12.2 Å². The molecule has 0 atom stereocenters. The lowest BCUT2D eigenvalue weighted by Crippen LogP contribution is -2.24. The quantitative estimate of drug-likeness (QED) is 0.570. The van der Waals surface area contributed by atoms with E-state index in [2.05, 4.69) is 10.5 Å². The Morgan fingerprint density at radius 1 is 1.40 bits per heavy atom. The Bertz CT molecular complexity index is 382. The average molecular weight is 203 g/mol. The summed E-state index contributed by atoms with van der Waals surface area (Å²) >= 11 is 0. The van der Waals surface area contributed by atoms with Crippen LogP contribution in [0.25, 0.3) is 5.57 Å². The molecule has 4 heteroatoms. The second kappa shape index (κ2) is 5.59. The van der Waals surface area contributed by atoms with Crippen molar-refractivity contribution < 1.29 is 4.79 Å². The molecule has 0 spiro atoms. The minimum Gasteiger partial charge on any atom is -0.350 e. The van der Waals surface area contributed by atoms with Crippen molar-refractivity contribution in [2.24, 2.45) is 10.8 Å². The summed E-state index contributed by atoms with van der Waals surface area (Å²) in [5.41, 5.74) is 9.13. The molecule has 0 bridgehead atoms. The molecule has 2 amide bonds. The summed E-state index contributed by atoms with van der Waals surface area (Å²) in [5.74, 6) is 0. The molecular weight excluding hydrogens is 190 g/mol. The van der Waals surface area contributed by atoms with Crippen LogP contribution in [0.5, 0.6) is 0 Å². The van der Waals surface area contributed by atoms with Crippen LogP contribution < -0.4 is 11.2 Å². The molecule has 0 fully saturated rings. The number of rotatable bonds is 3. The Morgan fingerprint density at radius 3 is 2.67 bits per heavy atom. The Morgan fingerprint density at radius 2 is 2.07 bits per heavy atom. The highest BCUT2D eigenvalue weighted by Crippen LogP contribution is 2.11. The highest BCUT2D eigenvalue weighted by atomic mass is 16.2. The van der Waals surface area contributed by atoms with Gasteiger partial charge in [-0.2, -0.15) is 5.10 Å². The third kappa shape index (κ3) is 4.08. The number of primary amides is 1. The van der Waals surface area contributed by atoms with Gasteiger partial charge in [0.1, 0.15) is 0 Å². The van der Waals surface area contributed by atoms with Gasteiger partial charge in [-0.05, 0) is 24.1 Å². The minimum atomic E-state index is -0.669. The molecule has 0 unspecified atom stereocenters. The van der Waals surface area contributed by atoms with Crippen molar-refractivity contribution >= 4 is 17.8 Å². The third-order valence-corrected chi connectivity index (χ3v) is 1.80. The average Bonchev–Trinajstić information content (AvgIpc) is 2.25. The Hall–Kier alpha value is -2.10. The van der Waals surface area contributed by atoms with E-state index in [4.69, 9.17) is 5.73 Å². The molecule has 78 valence electrons. The molecule has 0 aliphatic rings. The number of carbonyl (C=O) groups is 1. The van der Waals surface area contributed by atoms with Crippen LogP contribution in [-0.2, 0) is 0 Å². The number of nitrogens with one attached hydrogen (secondary N) is 1. The molecule has 1 aromatic rings. The maximum Gasteiger partial charge on any atom is 0.332 e. The van der Waals surface area contributed by atoms with E-state index in [1.807, 2.05) is 37.3 Å². The van der Waals surface area contributed by atoms with E-state index in [0.717, 1.165) is 11.1 Å². The van der Waals surface area contributed by atoms with E-state index in [0.29, 0.717) is 0 Å². The molecule has 3 N–H and O–H groups in total. The van der Waals surface area contributed by atoms with Crippen molar-refractivity contribution in [3.05, 3.63) is 42.0 Å². The Balaban J connectivity index is 2.61. The molecule has 0 aliphatic heterocycles. The number of urea groups is 1. The Labute approximate surface area is 88.5 Å². The van der Waals surface area contributed by atoms with Crippen molar-refractivity contribution in [1.82, 2.24) is 5.43 Å². The highest BCUT2D eigenvalue weighted by molar-refractivity contribution is 5.84. The van der Waals surface area contributed by atoms with Gasteiger partial charge < -0.3 is 5.73 Å². The summed E-state index contributed by atoms with van der Waals surface area (Å²) in [7, 11) is 0. The van der Waals surface area contributed by atoms with Gasteiger partial charge in [0.15, 0.2) is 0 Å². The van der Waals surface area contributed by atoms with Gasteiger partial charge >= 0.3 is 6.03 Å². The third-order valence-electron chi connectivity index (χ3n) is 1.80. The molecular formula is C11H13N3O. The van der Waals surface area contributed by atoms with E-state index in [1.165, 1.54) is 6.21 Å². The zero-order valence-corrected chi connectivity index (χ0v) is 8.47. The zero-order chi connectivity index (χ0) is 11.1. The normalized spacial score (nSPS) is 11.7. The summed E-state index contributed by atoms with van der Waals surface area (Å²) < 4.78 is 0. The first-order valence-corrected chi connectivity index (χ1v) is 4.51. The summed E-state index contributed by atoms with van der Waals surface area (Å²) in [5, 5.41) is 3.61. The molecule has 1 rings (SSSR count). The summed E-state index contributed by atoms with van der Waals surface area (Å²) in [4.78, 5) is 10.3. The number of amides is 2. The van der Waals surface area contributed by atoms with Crippen LogP contribution in [0.1, 0.15) is 12.5 Å². The molecule has 0 aromatic heterocycles. The number of hydrazone groups is 1. The number of hydrogen-bond donors (Lipinski definition) is 2. The summed E-state index contributed by atoms with van der Waals surface area (Å²) in [6.45, 7) is 1.96. The molecule has 0 radical (unpaired) electrons. The second-order valence-electron chi connectivity index (χ2n) is 2.97. The van der Waals surface area contributed by atoms with Crippen molar-refractivity contribution in [2.75, 3.05) is 0 Å². The smallest absolute Gasteiger partial charge is 0.332 e. The van der Waals surface area contributed by atoms with Crippen molar-refractivity contribution in [3.63, 3.8) is 0 Å². The maximum atomic E-state index is 10.3. The molecule has 0 aliphatic carbocycles. The molecule has 0 heterocycles. The first kappa shape index (κ1) is 11.0. The second-order valence-corrected chi connectivity index (χ2v) is 2.97. The van der Waals surface area contributed by atoms with Crippen LogP contribution >= 0.6 is 0 Å². The van der Waals surface area contributed by atoms with Crippen LogP contribution in [0.3, 0.4) is 0 Å². The van der Waals surface area contributed by atoms with E-state index < -0.39 is 6.03 Å². The highest BCUT2D eigenvalue weighted by Gasteiger charge is 1.91. The lowest BCUT2D eigenvalue weighted by Gasteiger charge is -1.98. The fourth-order valence-corrected chi connectivity index (χ4v) is 1.05. The monoisotopic (exact) mass is 203 g/mol. The van der Waals surface area contributed by atoms with Gasteiger partial charge in [0, 0.05) is 6.21 Å². The predicted octanol–water partition coefficient (Wildman–Crippen LogP) is 1.74. The summed E-state index contributed by atoms with van der Waals surface area (Å²) in [6.07, 6.45) is 3.29. The van der Waals surface area contributed by atoms with Crippen LogP contribution in [0.2, 0.25) is 0 Å². The number of allylic oxidation sites excluding steroid dienone is 2. The van der Waals surface area contributed by atoms with Crippen molar-refractivity contribution in [2.45, 2.75) is 6.92 Å². The predicted molar refractivity (Wildman–Crippen MR) is 61.3 cm³/mol. The minimum absolute atomic E-state index is 0.669. The molecule has 0 saturated carbocycles. The standard InChI is InChI=1S/C11H13N3O/c1-9(7-8-13-14-11(12)15)10-5-3-2-4-6-10/h2-8H,1H3,(H3,12,14,15)/b9-7-,13-8-. The van der Waals surface area contributed by atoms with Gasteiger partial charge in [0.2, 0.25) is 0 Å². The maximum absolute atomic E-state index is 10.3. The molecule has 0 saturated heterocycles. The first-order valence-electron chi connectivity index (χ1n) is 4.51. The topological polar surface area (TPSA) is 67.5 Å². The lowest BCUT2D eigenvalue weighted by atomic mass is 10.1. The largest absolute Gasteiger partial charge is 0.350 e. The number of benzene rings is 1. The fraction of sp³-hybridized carbons (Fsp3) is 0.0909. The number of carbonyl (C=O) groups excluding carboxylic acids is 1. The lowest BCUT2D eigenvalue weighted by molar-refractivity contribution is 0.249. The molecule has 1 aromatic carbocycles. The first-order chi connectivity index (χ1) is 7.20. The SMILES string of the molecule is C/C(=C/C=N\NC(N)=O)c1ccccc1. The van der Waals surface area contributed by atoms with Crippen molar-refractivity contribution in [3.8, 4) is 0 Å². The van der Waals surface area contributed by atoms with E-state index >= 15 is 0 Å². The van der Waals surface area contributed by atoms with Gasteiger partial charge in [0.05, 0.1) is 0 Å². The number of hydrogen-bond acceptors (Lipinski definition) is 2. The van der Waals surface area contributed by atoms with Crippen LogP contribution in [0, 0.1) is 0 Å². The van der Waals surface area contributed by atoms with Gasteiger partial charge in [-0.3, -0.25) is 0 Å². The van der Waals surface area contributed by atoms with Gasteiger partial charge in [0.25, 0.3) is 0 Å². The fourth-order valence-electron chi connectivity index (χ4n) is 1.05. The summed E-state index contributed by atoms with van der Waals surface area (Å²) in [6, 6.07) is 9.22. The zero-order valence-electron chi connectivity index (χ0n) is 8.47. The van der Waals surface area contributed by atoms with Crippen LogP contribution in [0.4, 0.5) is 4.79 Å². The van der Waals surface area contributed by atoms with E-state index in [9.17, 15) is 4.79 Å².